The number of carbonyl (C=O) groups is 1. The van der Waals surface area contributed by atoms with Crippen LogP contribution in [-0.4, -0.2) is 36.6 Å². The lowest BCUT2D eigenvalue weighted by Crippen LogP contribution is -2.39. The minimum Gasteiger partial charge on any atom is -0.376 e. The Morgan fingerprint density at radius 1 is 1.35 bits per heavy atom. The molecular weight excluding hydrogens is 214 g/mol. The molecule has 0 saturated carbocycles. The van der Waals surface area contributed by atoms with E-state index in [1.807, 2.05) is 4.90 Å². The van der Waals surface area contributed by atoms with Gasteiger partial charge in [0.1, 0.15) is 0 Å². The van der Waals surface area contributed by atoms with Crippen LogP contribution >= 0.6 is 0 Å². The molecule has 0 aliphatic carbocycles. The Labute approximate surface area is 104 Å². The van der Waals surface area contributed by atoms with Crippen LogP contribution in [0.5, 0.6) is 0 Å². The average Bonchev–Trinajstić information content (AvgIpc) is 2.54. The lowest BCUT2D eigenvalue weighted by molar-refractivity contribution is -0.133. The first kappa shape index (κ1) is 12.6. The third-order valence-corrected chi connectivity index (χ3v) is 3.82. The third-order valence-electron chi connectivity index (χ3n) is 3.82. The number of allylic oxidation sites excluding steroid dienone is 1. The minimum absolute atomic E-state index is 0.278. The van der Waals surface area contributed by atoms with Gasteiger partial charge in [0.2, 0.25) is 5.91 Å². The van der Waals surface area contributed by atoms with Gasteiger partial charge in [-0.3, -0.25) is 4.79 Å². The highest BCUT2D eigenvalue weighted by molar-refractivity contribution is 5.77. The number of rotatable bonds is 2. The summed E-state index contributed by atoms with van der Waals surface area (Å²) in [6.07, 6.45) is 8.62. The predicted octanol–water partition coefficient (Wildman–Crippen LogP) is 2.51. The van der Waals surface area contributed by atoms with Gasteiger partial charge in [-0.1, -0.05) is 11.6 Å². The molecule has 3 nitrogen and oxygen atoms in total. The molecule has 0 aromatic heterocycles. The Balaban J connectivity index is 1.88. The molecule has 2 aliphatic heterocycles. The molecule has 0 aromatic rings. The summed E-state index contributed by atoms with van der Waals surface area (Å²) in [7, 11) is 0. The van der Waals surface area contributed by atoms with Crippen molar-refractivity contribution in [2.75, 3.05) is 19.7 Å². The van der Waals surface area contributed by atoms with Crippen LogP contribution in [0.25, 0.3) is 0 Å². The quantitative estimate of drug-likeness (QED) is 0.691. The van der Waals surface area contributed by atoms with Crippen LogP contribution in [0.2, 0.25) is 0 Å². The summed E-state index contributed by atoms with van der Waals surface area (Å²) in [6, 6.07) is 0. The largest absolute Gasteiger partial charge is 0.376 e. The molecule has 2 aliphatic rings. The summed E-state index contributed by atoms with van der Waals surface area (Å²) in [5, 5.41) is 0. The summed E-state index contributed by atoms with van der Waals surface area (Å²) in [4.78, 5) is 14.0. The Morgan fingerprint density at radius 3 is 2.94 bits per heavy atom. The number of hydrogen-bond donors (Lipinski definition) is 0. The van der Waals surface area contributed by atoms with Gasteiger partial charge in [-0.25, -0.2) is 0 Å². The van der Waals surface area contributed by atoms with E-state index in [1.165, 1.54) is 18.4 Å². The van der Waals surface area contributed by atoms with Crippen LogP contribution in [0.3, 0.4) is 0 Å². The summed E-state index contributed by atoms with van der Waals surface area (Å²) in [6.45, 7) is 4.61. The SMILES string of the molecule is C/C=C1/CCC(=O)N(CC2CCCCO2)CC1. The van der Waals surface area contributed by atoms with Gasteiger partial charge in [-0.2, -0.15) is 0 Å². The number of ether oxygens (including phenoxy) is 1. The second-order valence-electron chi connectivity index (χ2n) is 5.03. The predicted molar refractivity (Wildman–Crippen MR) is 67.8 cm³/mol. The molecule has 2 saturated heterocycles. The molecule has 2 fully saturated rings. The molecule has 2 rings (SSSR count). The van der Waals surface area contributed by atoms with Gasteiger partial charge in [-0.15, -0.1) is 0 Å². The van der Waals surface area contributed by atoms with Crippen molar-refractivity contribution in [3.8, 4) is 0 Å². The molecule has 1 amide bonds. The van der Waals surface area contributed by atoms with E-state index in [9.17, 15) is 4.79 Å². The Kier molecular flexibility index (Phi) is 4.60. The Bertz CT molecular complexity index is 293. The van der Waals surface area contributed by atoms with Gasteiger partial charge >= 0.3 is 0 Å². The van der Waals surface area contributed by atoms with E-state index in [1.54, 1.807) is 0 Å². The second kappa shape index (κ2) is 6.20. The summed E-state index contributed by atoms with van der Waals surface area (Å²) in [5.74, 6) is 0.302. The molecule has 2 heterocycles. The number of hydrogen-bond acceptors (Lipinski definition) is 2. The lowest BCUT2D eigenvalue weighted by Gasteiger charge is -2.29. The van der Waals surface area contributed by atoms with Gasteiger partial charge in [0.25, 0.3) is 0 Å². The van der Waals surface area contributed by atoms with E-state index in [0.717, 1.165) is 39.0 Å². The molecule has 3 heteroatoms. The number of nitrogens with zero attached hydrogens (tertiary/aromatic N) is 1. The van der Waals surface area contributed by atoms with Crippen LogP contribution in [0.15, 0.2) is 11.6 Å². The van der Waals surface area contributed by atoms with Crippen molar-refractivity contribution < 1.29 is 9.53 Å². The van der Waals surface area contributed by atoms with Crippen LogP contribution in [0.1, 0.15) is 45.4 Å². The van der Waals surface area contributed by atoms with Crippen LogP contribution < -0.4 is 0 Å². The van der Waals surface area contributed by atoms with Gasteiger partial charge in [0.05, 0.1) is 6.10 Å². The maximum atomic E-state index is 12.0. The van der Waals surface area contributed by atoms with Crippen LogP contribution in [0, 0.1) is 0 Å². The molecule has 0 bridgehead atoms. The van der Waals surface area contributed by atoms with E-state index >= 15 is 0 Å². The van der Waals surface area contributed by atoms with Gasteiger partial charge in [0, 0.05) is 26.1 Å². The summed E-state index contributed by atoms with van der Waals surface area (Å²) in [5.41, 5.74) is 1.42. The fourth-order valence-corrected chi connectivity index (χ4v) is 2.63. The van der Waals surface area contributed by atoms with Crippen molar-refractivity contribution in [1.82, 2.24) is 4.90 Å². The monoisotopic (exact) mass is 237 g/mol. The van der Waals surface area contributed by atoms with E-state index in [4.69, 9.17) is 4.74 Å². The molecule has 0 aromatic carbocycles. The molecule has 0 N–H and O–H groups in total. The van der Waals surface area contributed by atoms with E-state index < -0.39 is 0 Å². The van der Waals surface area contributed by atoms with E-state index in [2.05, 4.69) is 13.0 Å². The Morgan fingerprint density at radius 2 is 2.24 bits per heavy atom. The third kappa shape index (κ3) is 3.56. The highest BCUT2D eigenvalue weighted by Crippen LogP contribution is 2.20. The fourth-order valence-electron chi connectivity index (χ4n) is 2.63. The number of amides is 1. The van der Waals surface area contributed by atoms with Crippen molar-refractivity contribution >= 4 is 5.91 Å². The molecule has 17 heavy (non-hydrogen) atoms. The van der Waals surface area contributed by atoms with Crippen LogP contribution in [0.4, 0.5) is 0 Å². The molecule has 0 radical (unpaired) electrons. The summed E-state index contributed by atoms with van der Waals surface area (Å²) < 4.78 is 5.71. The van der Waals surface area contributed by atoms with Crippen molar-refractivity contribution in [2.45, 2.75) is 51.6 Å². The highest BCUT2D eigenvalue weighted by atomic mass is 16.5. The highest BCUT2D eigenvalue weighted by Gasteiger charge is 2.23. The first-order valence-electron chi connectivity index (χ1n) is 6.83. The smallest absolute Gasteiger partial charge is 0.222 e. The molecule has 0 spiro atoms. The number of carbonyl (C=O) groups excluding carboxylic acids is 1. The maximum Gasteiger partial charge on any atom is 0.222 e. The maximum absolute atomic E-state index is 12.0. The minimum atomic E-state index is 0.278. The first-order chi connectivity index (χ1) is 8.29. The lowest BCUT2D eigenvalue weighted by atomic mass is 10.1. The molecule has 1 atom stereocenters. The Hall–Kier alpha value is -0.830. The van der Waals surface area contributed by atoms with Gasteiger partial charge < -0.3 is 9.64 Å². The topological polar surface area (TPSA) is 29.5 Å². The molecule has 96 valence electrons. The van der Waals surface area contributed by atoms with Gasteiger partial charge in [-0.05, 0) is 39.0 Å². The van der Waals surface area contributed by atoms with Gasteiger partial charge in [0.15, 0.2) is 0 Å². The zero-order valence-corrected chi connectivity index (χ0v) is 10.8. The molecular formula is C14H23NO2. The van der Waals surface area contributed by atoms with E-state index in [0.29, 0.717) is 12.3 Å². The standard InChI is InChI=1S/C14H23NO2/c1-2-12-6-7-14(16)15(9-8-12)11-13-5-3-4-10-17-13/h2,13H,3-11H2,1H3/b12-2-. The van der Waals surface area contributed by atoms with Crippen molar-refractivity contribution in [1.29, 1.82) is 0 Å². The van der Waals surface area contributed by atoms with Crippen molar-refractivity contribution in [2.24, 2.45) is 0 Å². The first-order valence-corrected chi connectivity index (χ1v) is 6.83. The summed E-state index contributed by atoms with van der Waals surface area (Å²) >= 11 is 0. The zero-order chi connectivity index (χ0) is 12.1. The second-order valence-corrected chi connectivity index (χ2v) is 5.03. The van der Waals surface area contributed by atoms with Crippen LogP contribution in [-0.2, 0) is 9.53 Å². The normalized spacial score (nSPS) is 29.5. The zero-order valence-electron chi connectivity index (χ0n) is 10.8. The van der Waals surface area contributed by atoms with Crippen molar-refractivity contribution in [3.05, 3.63) is 11.6 Å². The number of likely N-dealkylation sites (tertiary alicyclic amines) is 1. The van der Waals surface area contributed by atoms with Crippen molar-refractivity contribution in [3.63, 3.8) is 0 Å². The average molecular weight is 237 g/mol. The van der Waals surface area contributed by atoms with E-state index in [-0.39, 0.29) is 6.10 Å². The fraction of sp³-hybridized carbons (Fsp3) is 0.786. The molecule has 1 unspecified atom stereocenters.